The second-order valence-corrected chi connectivity index (χ2v) is 6.93. The summed E-state index contributed by atoms with van der Waals surface area (Å²) in [5.41, 5.74) is 0.681. The summed E-state index contributed by atoms with van der Waals surface area (Å²) in [5, 5.41) is 2.97. The lowest BCUT2D eigenvalue weighted by molar-refractivity contribution is -0.914. The molecule has 2 rings (SSSR count). The Morgan fingerprint density at radius 1 is 1.43 bits per heavy atom. The van der Waals surface area contributed by atoms with Crippen LogP contribution in [-0.2, 0) is 4.74 Å². The minimum atomic E-state index is -0.0397. The molecule has 1 aliphatic heterocycles. The molecule has 1 amide bonds. The van der Waals surface area contributed by atoms with Crippen LogP contribution in [0.4, 0.5) is 0 Å². The minimum Gasteiger partial charge on any atom is -0.365 e. The molecule has 1 aliphatic rings. The molecule has 116 valence electrons. The Kier molecular flexibility index (Phi) is 6.21. The first-order valence-corrected chi connectivity index (χ1v) is 8.33. The minimum absolute atomic E-state index is 0.0397. The third-order valence-corrected chi connectivity index (χ3v) is 4.15. The summed E-state index contributed by atoms with van der Waals surface area (Å²) in [6, 6.07) is 7.38. The third-order valence-electron chi connectivity index (χ3n) is 3.62. The highest BCUT2D eigenvalue weighted by atomic mass is 79.9. The fraction of sp³-hybridized carbons (Fsp3) is 0.562. The standard InChI is InChI=1S/C16H23BrN2O2/c1-12(2)10-19-7-8-21-15(11-19)9-18-16(20)13-3-5-14(17)6-4-13/h3-6,12,15H,7-11H2,1-2H3,(H,18,20)/p+1/t15-/m1/s1. The van der Waals surface area contributed by atoms with Crippen molar-refractivity contribution >= 4 is 21.8 Å². The van der Waals surface area contributed by atoms with Crippen LogP contribution < -0.4 is 10.2 Å². The molecular weight excluding hydrogens is 332 g/mol. The summed E-state index contributed by atoms with van der Waals surface area (Å²) in [6.45, 7) is 9.05. The van der Waals surface area contributed by atoms with E-state index in [0.717, 1.165) is 24.2 Å². The predicted molar refractivity (Wildman–Crippen MR) is 86.6 cm³/mol. The van der Waals surface area contributed by atoms with Gasteiger partial charge in [0.05, 0.1) is 13.2 Å². The highest BCUT2D eigenvalue weighted by Gasteiger charge is 2.24. The molecule has 4 nitrogen and oxygen atoms in total. The molecule has 1 aromatic carbocycles. The van der Waals surface area contributed by atoms with Gasteiger partial charge in [0.25, 0.3) is 5.91 Å². The van der Waals surface area contributed by atoms with Gasteiger partial charge in [-0.05, 0) is 24.3 Å². The van der Waals surface area contributed by atoms with Gasteiger partial charge in [-0.3, -0.25) is 4.79 Å². The van der Waals surface area contributed by atoms with Crippen molar-refractivity contribution in [1.29, 1.82) is 0 Å². The number of ether oxygens (including phenoxy) is 1. The first-order valence-electron chi connectivity index (χ1n) is 7.53. The molecule has 0 radical (unpaired) electrons. The van der Waals surface area contributed by atoms with E-state index in [1.807, 2.05) is 24.3 Å². The van der Waals surface area contributed by atoms with E-state index >= 15 is 0 Å². The Labute approximate surface area is 135 Å². The highest BCUT2D eigenvalue weighted by Crippen LogP contribution is 2.10. The SMILES string of the molecule is CC(C)C[NH+]1CCO[C@H](CNC(=O)c2ccc(Br)cc2)C1. The number of quaternary nitrogens is 1. The molecular formula is C16H24BrN2O2+. The van der Waals surface area contributed by atoms with Gasteiger partial charge in [-0.15, -0.1) is 0 Å². The van der Waals surface area contributed by atoms with Gasteiger partial charge in [-0.1, -0.05) is 29.8 Å². The summed E-state index contributed by atoms with van der Waals surface area (Å²) in [4.78, 5) is 13.6. The van der Waals surface area contributed by atoms with Crippen LogP contribution in [0.2, 0.25) is 0 Å². The van der Waals surface area contributed by atoms with E-state index in [2.05, 4.69) is 35.1 Å². The van der Waals surface area contributed by atoms with Crippen LogP contribution in [0.5, 0.6) is 0 Å². The number of rotatable bonds is 5. The molecule has 0 aliphatic carbocycles. The molecule has 0 spiro atoms. The lowest BCUT2D eigenvalue weighted by Crippen LogP contribution is -3.15. The Bertz CT molecular complexity index is 462. The smallest absolute Gasteiger partial charge is 0.251 e. The van der Waals surface area contributed by atoms with Gasteiger partial charge in [-0.25, -0.2) is 0 Å². The number of hydrogen-bond donors (Lipinski definition) is 2. The Hall–Kier alpha value is -0.910. The number of carbonyl (C=O) groups is 1. The maximum absolute atomic E-state index is 12.1. The zero-order valence-electron chi connectivity index (χ0n) is 12.7. The van der Waals surface area contributed by atoms with Crippen molar-refractivity contribution in [1.82, 2.24) is 5.32 Å². The van der Waals surface area contributed by atoms with Gasteiger partial charge in [0, 0.05) is 22.5 Å². The summed E-state index contributed by atoms with van der Waals surface area (Å²) in [6.07, 6.45) is 0.117. The Balaban J connectivity index is 1.79. The van der Waals surface area contributed by atoms with Gasteiger partial charge < -0.3 is 15.0 Å². The highest BCUT2D eigenvalue weighted by molar-refractivity contribution is 9.10. The van der Waals surface area contributed by atoms with Crippen LogP contribution in [0.15, 0.2) is 28.7 Å². The largest absolute Gasteiger partial charge is 0.365 e. The normalized spacial score (nSPS) is 22.3. The first kappa shape index (κ1) is 16.5. The summed E-state index contributed by atoms with van der Waals surface area (Å²) < 4.78 is 6.73. The number of carbonyl (C=O) groups excluding carboxylic acids is 1. The molecule has 0 saturated carbocycles. The average Bonchev–Trinajstić information content (AvgIpc) is 2.45. The predicted octanol–water partition coefficient (Wildman–Crippen LogP) is 1.12. The van der Waals surface area contributed by atoms with Gasteiger partial charge >= 0.3 is 0 Å². The number of nitrogens with one attached hydrogen (secondary N) is 2. The fourth-order valence-corrected chi connectivity index (χ4v) is 2.92. The van der Waals surface area contributed by atoms with Crippen LogP contribution in [0.25, 0.3) is 0 Å². The van der Waals surface area contributed by atoms with Gasteiger partial charge in [0.1, 0.15) is 19.2 Å². The van der Waals surface area contributed by atoms with Crippen LogP contribution >= 0.6 is 15.9 Å². The molecule has 1 unspecified atom stereocenters. The van der Waals surface area contributed by atoms with Gasteiger partial charge in [0.15, 0.2) is 0 Å². The van der Waals surface area contributed by atoms with E-state index in [0.29, 0.717) is 18.0 Å². The van der Waals surface area contributed by atoms with Gasteiger partial charge in [0.2, 0.25) is 0 Å². The quantitative estimate of drug-likeness (QED) is 0.831. The summed E-state index contributed by atoms with van der Waals surface area (Å²) >= 11 is 3.37. The molecule has 2 atom stereocenters. The topological polar surface area (TPSA) is 42.8 Å². The van der Waals surface area contributed by atoms with Crippen molar-refractivity contribution in [2.45, 2.75) is 20.0 Å². The van der Waals surface area contributed by atoms with Crippen LogP contribution in [0.1, 0.15) is 24.2 Å². The zero-order valence-corrected chi connectivity index (χ0v) is 14.3. The van der Waals surface area contributed by atoms with E-state index in [4.69, 9.17) is 4.74 Å². The van der Waals surface area contributed by atoms with E-state index < -0.39 is 0 Å². The number of hydrogen-bond acceptors (Lipinski definition) is 2. The maximum Gasteiger partial charge on any atom is 0.251 e. The Morgan fingerprint density at radius 2 is 2.14 bits per heavy atom. The third kappa shape index (κ3) is 5.41. The van der Waals surface area contributed by atoms with Crippen molar-refractivity contribution in [3.05, 3.63) is 34.3 Å². The molecule has 1 heterocycles. The van der Waals surface area contributed by atoms with E-state index in [1.165, 1.54) is 6.54 Å². The number of amides is 1. The second kappa shape index (κ2) is 7.92. The summed E-state index contributed by atoms with van der Waals surface area (Å²) in [5.74, 6) is 0.651. The molecule has 2 N–H and O–H groups in total. The van der Waals surface area contributed by atoms with E-state index in [-0.39, 0.29) is 12.0 Å². The lowest BCUT2D eigenvalue weighted by Gasteiger charge is -2.31. The number of benzene rings is 1. The van der Waals surface area contributed by atoms with E-state index in [1.54, 1.807) is 4.90 Å². The van der Waals surface area contributed by atoms with Crippen LogP contribution in [0, 0.1) is 5.92 Å². The molecule has 0 bridgehead atoms. The molecule has 1 fully saturated rings. The molecule has 21 heavy (non-hydrogen) atoms. The van der Waals surface area contributed by atoms with Crippen molar-refractivity contribution in [2.75, 3.05) is 32.8 Å². The maximum atomic E-state index is 12.1. The molecule has 1 aromatic rings. The Morgan fingerprint density at radius 3 is 2.81 bits per heavy atom. The molecule has 5 heteroatoms. The van der Waals surface area contributed by atoms with Crippen LogP contribution in [-0.4, -0.2) is 44.8 Å². The van der Waals surface area contributed by atoms with Crippen molar-refractivity contribution in [2.24, 2.45) is 5.92 Å². The number of halogens is 1. The van der Waals surface area contributed by atoms with Crippen molar-refractivity contribution in [3.63, 3.8) is 0 Å². The molecule has 0 aromatic heterocycles. The second-order valence-electron chi connectivity index (χ2n) is 6.01. The summed E-state index contributed by atoms with van der Waals surface area (Å²) in [7, 11) is 0. The average molecular weight is 356 g/mol. The number of morpholine rings is 1. The van der Waals surface area contributed by atoms with E-state index in [9.17, 15) is 4.79 Å². The lowest BCUT2D eigenvalue weighted by atomic mass is 10.1. The zero-order chi connectivity index (χ0) is 15.2. The monoisotopic (exact) mass is 355 g/mol. The van der Waals surface area contributed by atoms with Crippen LogP contribution in [0.3, 0.4) is 0 Å². The first-order chi connectivity index (χ1) is 10.0. The molecule has 1 saturated heterocycles. The van der Waals surface area contributed by atoms with Crippen molar-refractivity contribution < 1.29 is 14.4 Å². The van der Waals surface area contributed by atoms with Gasteiger partial charge in [-0.2, -0.15) is 0 Å². The van der Waals surface area contributed by atoms with Crippen molar-refractivity contribution in [3.8, 4) is 0 Å². The fourth-order valence-electron chi connectivity index (χ4n) is 2.66.